The van der Waals surface area contributed by atoms with Gasteiger partial charge in [-0.15, -0.1) is 0 Å². The number of hydrogen-bond acceptors (Lipinski definition) is 3. The van der Waals surface area contributed by atoms with Crippen LogP contribution in [0.15, 0.2) is 66.9 Å². The standard InChI is InChI=1S/C24H20F3N5O/c25-24(26,27)22-13-14-31(30-22)17-11-9-16(10-12-17)23(33)28-15-20-19-7-4-8-21(19)32(29-20)18-5-2-1-3-6-18/h1-3,5-6,9-14H,4,7-8,15H2,(H,28,33). The van der Waals surface area contributed by atoms with Crippen LogP contribution in [-0.2, 0) is 25.6 Å². The first kappa shape index (κ1) is 21.0. The Morgan fingerprint density at radius 1 is 0.939 bits per heavy atom. The molecule has 2 heterocycles. The van der Waals surface area contributed by atoms with E-state index in [9.17, 15) is 18.0 Å². The van der Waals surface area contributed by atoms with Crippen LogP contribution < -0.4 is 5.32 Å². The van der Waals surface area contributed by atoms with Crippen molar-refractivity contribution in [3.05, 3.63) is 95.1 Å². The van der Waals surface area contributed by atoms with E-state index in [4.69, 9.17) is 5.10 Å². The molecule has 1 aliphatic rings. The van der Waals surface area contributed by atoms with E-state index in [0.717, 1.165) is 41.4 Å². The highest BCUT2D eigenvalue weighted by atomic mass is 19.4. The van der Waals surface area contributed by atoms with Gasteiger partial charge in [0, 0.05) is 17.5 Å². The molecule has 0 saturated heterocycles. The zero-order chi connectivity index (χ0) is 23.0. The van der Waals surface area contributed by atoms with E-state index in [0.29, 0.717) is 17.8 Å². The van der Waals surface area contributed by atoms with Gasteiger partial charge in [-0.05, 0) is 67.3 Å². The van der Waals surface area contributed by atoms with Gasteiger partial charge in [0.1, 0.15) is 0 Å². The number of nitrogens with zero attached hydrogens (tertiary/aromatic N) is 4. The summed E-state index contributed by atoms with van der Waals surface area (Å²) in [6, 6.07) is 17.1. The fourth-order valence-corrected chi connectivity index (χ4v) is 4.09. The van der Waals surface area contributed by atoms with Crippen LogP contribution in [0.2, 0.25) is 0 Å². The molecule has 5 rings (SSSR count). The Balaban J connectivity index is 1.29. The summed E-state index contributed by atoms with van der Waals surface area (Å²) < 4.78 is 41.4. The number of carbonyl (C=O) groups excluding carboxylic acids is 1. The number of benzene rings is 2. The molecule has 0 saturated carbocycles. The number of rotatable bonds is 5. The van der Waals surface area contributed by atoms with Crippen molar-refractivity contribution in [3.63, 3.8) is 0 Å². The highest BCUT2D eigenvalue weighted by molar-refractivity contribution is 5.94. The number of amides is 1. The van der Waals surface area contributed by atoms with Crippen LogP contribution in [0.4, 0.5) is 13.2 Å². The van der Waals surface area contributed by atoms with Crippen molar-refractivity contribution in [3.8, 4) is 11.4 Å². The van der Waals surface area contributed by atoms with Crippen molar-refractivity contribution in [2.45, 2.75) is 32.0 Å². The maximum atomic E-state index is 12.8. The largest absolute Gasteiger partial charge is 0.435 e. The van der Waals surface area contributed by atoms with Gasteiger partial charge in [0.05, 0.1) is 23.6 Å². The topological polar surface area (TPSA) is 64.7 Å². The molecule has 0 atom stereocenters. The number of aromatic nitrogens is 4. The number of alkyl halides is 3. The van der Waals surface area contributed by atoms with Crippen molar-refractivity contribution >= 4 is 5.91 Å². The second-order valence-corrected chi connectivity index (χ2v) is 7.85. The normalized spacial score (nSPS) is 13.2. The first-order valence-corrected chi connectivity index (χ1v) is 10.6. The quantitative estimate of drug-likeness (QED) is 0.486. The monoisotopic (exact) mass is 451 g/mol. The van der Waals surface area contributed by atoms with Crippen LogP contribution in [0.25, 0.3) is 11.4 Å². The molecule has 0 aliphatic heterocycles. The van der Waals surface area contributed by atoms with Crippen molar-refractivity contribution in [1.29, 1.82) is 0 Å². The average Bonchev–Trinajstić information content (AvgIpc) is 3.55. The summed E-state index contributed by atoms with van der Waals surface area (Å²) >= 11 is 0. The lowest BCUT2D eigenvalue weighted by Gasteiger charge is -2.07. The fraction of sp³-hybridized carbons (Fsp3) is 0.208. The number of nitrogens with one attached hydrogen (secondary N) is 1. The molecule has 1 aliphatic carbocycles. The Morgan fingerprint density at radius 2 is 1.70 bits per heavy atom. The Labute approximate surface area is 187 Å². The molecule has 1 N–H and O–H groups in total. The van der Waals surface area contributed by atoms with E-state index in [2.05, 4.69) is 10.4 Å². The number of halogens is 3. The average molecular weight is 451 g/mol. The lowest BCUT2D eigenvalue weighted by molar-refractivity contribution is -0.141. The minimum absolute atomic E-state index is 0.279. The second kappa shape index (κ2) is 8.23. The van der Waals surface area contributed by atoms with Gasteiger partial charge in [-0.3, -0.25) is 4.79 Å². The summed E-state index contributed by atoms with van der Waals surface area (Å²) in [6.07, 6.45) is -0.311. The van der Waals surface area contributed by atoms with Crippen molar-refractivity contribution in [1.82, 2.24) is 24.9 Å². The highest BCUT2D eigenvalue weighted by Gasteiger charge is 2.33. The molecule has 0 unspecified atom stereocenters. The van der Waals surface area contributed by atoms with Gasteiger partial charge in [0.15, 0.2) is 5.69 Å². The number of fused-ring (bicyclic) bond motifs is 1. The summed E-state index contributed by atoms with van der Waals surface area (Å²) in [6.45, 7) is 0.302. The smallest absolute Gasteiger partial charge is 0.346 e. The van der Waals surface area contributed by atoms with Gasteiger partial charge in [0.25, 0.3) is 5.91 Å². The summed E-state index contributed by atoms with van der Waals surface area (Å²) in [5.74, 6) is -0.279. The number of hydrogen-bond donors (Lipinski definition) is 1. The third kappa shape index (κ3) is 4.13. The van der Waals surface area contributed by atoms with Crippen molar-refractivity contribution in [2.24, 2.45) is 0 Å². The Kier molecular flexibility index (Phi) is 5.24. The summed E-state index contributed by atoms with van der Waals surface area (Å²) in [7, 11) is 0. The Morgan fingerprint density at radius 3 is 2.39 bits per heavy atom. The molecule has 2 aromatic heterocycles. The van der Waals surface area contributed by atoms with Gasteiger partial charge in [-0.2, -0.15) is 23.4 Å². The van der Waals surface area contributed by atoms with Crippen LogP contribution in [-0.4, -0.2) is 25.5 Å². The van der Waals surface area contributed by atoms with E-state index >= 15 is 0 Å². The van der Waals surface area contributed by atoms with Gasteiger partial charge >= 0.3 is 6.18 Å². The van der Waals surface area contributed by atoms with Gasteiger partial charge in [0.2, 0.25) is 0 Å². The molecule has 2 aromatic carbocycles. The molecule has 168 valence electrons. The summed E-state index contributed by atoms with van der Waals surface area (Å²) in [4.78, 5) is 12.7. The van der Waals surface area contributed by atoms with Crippen LogP contribution in [0.1, 0.15) is 39.4 Å². The third-order valence-corrected chi connectivity index (χ3v) is 5.70. The van der Waals surface area contributed by atoms with E-state index in [1.807, 2.05) is 35.0 Å². The van der Waals surface area contributed by atoms with E-state index < -0.39 is 11.9 Å². The predicted molar refractivity (Wildman–Crippen MR) is 115 cm³/mol. The molecular formula is C24H20F3N5O. The van der Waals surface area contributed by atoms with Crippen LogP contribution in [0.3, 0.4) is 0 Å². The molecule has 0 radical (unpaired) electrons. The van der Waals surface area contributed by atoms with Gasteiger partial charge in [-0.1, -0.05) is 18.2 Å². The zero-order valence-corrected chi connectivity index (χ0v) is 17.5. The molecule has 0 spiro atoms. The molecule has 33 heavy (non-hydrogen) atoms. The summed E-state index contributed by atoms with van der Waals surface area (Å²) in [5.41, 5.74) is 4.10. The first-order valence-electron chi connectivity index (χ1n) is 10.6. The number of para-hydroxylation sites is 1. The Bertz CT molecular complexity index is 1290. The maximum Gasteiger partial charge on any atom is 0.435 e. The van der Waals surface area contributed by atoms with E-state index in [1.165, 1.54) is 17.5 Å². The van der Waals surface area contributed by atoms with Crippen LogP contribution in [0, 0.1) is 0 Å². The highest BCUT2D eigenvalue weighted by Crippen LogP contribution is 2.29. The minimum Gasteiger partial charge on any atom is -0.346 e. The SMILES string of the molecule is O=C(NCc1nn(-c2ccccc2)c2c1CCC2)c1ccc(-n2ccc(C(F)(F)F)n2)cc1. The predicted octanol–water partition coefficient (Wildman–Crippen LogP) is 4.50. The first-order chi connectivity index (χ1) is 15.9. The number of carbonyl (C=O) groups is 1. The molecular weight excluding hydrogens is 431 g/mol. The molecule has 6 nitrogen and oxygen atoms in total. The molecule has 4 aromatic rings. The van der Waals surface area contributed by atoms with Gasteiger partial charge in [-0.25, -0.2) is 9.36 Å². The Hall–Kier alpha value is -3.88. The maximum absolute atomic E-state index is 12.8. The molecule has 0 bridgehead atoms. The van der Waals surface area contributed by atoms with Crippen molar-refractivity contribution in [2.75, 3.05) is 0 Å². The fourth-order valence-electron chi connectivity index (χ4n) is 4.09. The van der Waals surface area contributed by atoms with E-state index in [1.54, 1.807) is 24.3 Å². The third-order valence-electron chi connectivity index (χ3n) is 5.70. The lowest BCUT2D eigenvalue weighted by atomic mass is 10.1. The molecule has 9 heteroatoms. The summed E-state index contributed by atoms with van der Waals surface area (Å²) in [5, 5.41) is 11.2. The van der Waals surface area contributed by atoms with Crippen molar-refractivity contribution < 1.29 is 18.0 Å². The lowest BCUT2D eigenvalue weighted by Crippen LogP contribution is -2.23. The van der Waals surface area contributed by atoms with Crippen LogP contribution >= 0.6 is 0 Å². The second-order valence-electron chi connectivity index (χ2n) is 7.85. The minimum atomic E-state index is -4.50. The molecule has 0 fully saturated rings. The zero-order valence-electron chi connectivity index (χ0n) is 17.5. The van der Waals surface area contributed by atoms with Gasteiger partial charge < -0.3 is 5.32 Å². The van der Waals surface area contributed by atoms with E-state index in [-0.39, 0.29) is 5.91 Å². The van der Waals surface area contributed by atoms with Crippen LogP contribution in [0.5, 0.6) is 0 Å². The molecule has 1 amide bonds.